The van der Waals surface area contributed by atoms with E-state index in [2.05, 4.69) is 0 Å². The van der Waals surface area contributed by atoms with Crippen molar-refractivity contribution < 1.29 is 37.3 Å². The molecule has 0 bridgehead atoms. The predicted octanol–water partition coefficient (Wildman–Crippen LogP) is 2.09. The first-order chi connectivity index (χ1) is 10.1. The molecule has 0 spiro atoms. The number of carbonyl (C=O) groups is 1. The van der Waals surface area contributed by atoms with Gasteiger partial charge in [0.1, 0.15) is 0 Å². The molecule has 0 aromatic heterocycles. The van der Waals surface area contributed by atoms with Gasteiger partial charge in [-0.2, -0.15) is 8.78 Å². The van der Waals surface area contributed by atoms with Crippen LogP contribution in [0.3, 0.4) is 0 Å². The summed E-state index contributed by atoms with van der Waals surface area (Å²) in [4.78, 5) is 11.4. The Morgan fingerprint density at radius 1 is 1.10 bits per heavy atom. The lowest BCUT2D eigenvalue weighted by Crippen LogP contribution is -2.23. The molecule has 0 aromatic rings. The molecule has 0 aromatic carbocycles. The Balaban J connectivity index is 4.39. The number of halogens is 2. The van der Waals surface area contributed by atoms with Gasteiger partial charge in [-0.05, 0) is 6.42 Å². The summed E-state index contributed by atoms with van der Waals surface area (Å²) in [5.74, 6) is -1.33. The van der Waals surface area contributed by atoms with Crippen LogP contribution in [0, 0.1) is 0 Å². The minimum absolute atomic E-state index is 0.0154. The zero-order valence-corrected chi connectivity index (χ0v) is 12.5. The monoisotopic (exact) mass is 312 g/mol. The Labute approximate surface area is 122 Å². The SMILES string of the molecule is CCC(OC(=O)CCOC)C(OCOCCOC)=C(F)F. The summed E-state index contributed by atoms with van der Waals surface area (Å²) < 4.78 is 49.9. The largest absolute Gasteiger partial charge is 0.462 e. The fourth-order valence-corrected chi connectivity index (χ4v) is 1.30. The Morgan fingerprint density at radius 3 is 2.29 bits per heavy atom. The molecule has 0 fully saturated rings. The summed E-state index contributed by atoms with van der Waals surface area (Å²) in [5.41, 5.74) is 0. The van der Waals surface area contributed by atoms with E-state index in [0.29, 0.717) is 6.61 Å². The van der Waals surface area contributed by atoms with Crippen LogP contribution in [0.15, 0.2) is 11.8 Å². The number of methoxy groups -OCH3 is 2. The Kier molecular flexibility index (Phi) is 11.7. The maximum Gasteiger partial charge on any atom is 0.311 e. The molecule has 0 heterocycles. The van der Waals surface area contributed by atoms with E-state index in [1.165, 1.54) is 14.2 Å². The molecule has 6 nitrogen and oxygen atoms in total. The number of hydrogen-bond donors (Lipinski definition) is 0. The van der Waals surface area contributed by atoms with Gasteiger partial charge < -0.3 is 23.7 Å². The van der Waals surface area contributed by atoms with Crippen LogP contribution in [0.4, 0.5) is 8.78 Å². The fourth-order valence-electron chi connectivity index (χ4n) is 1.30. The Hall–Kier alpha value is -1.25. The number of ether oxygens (including phenoxy) is 5. The number of hydrogen-bond acceptors (Lipinski definition) is 6. The lowest BCUT2D eigenvalue weighted by atomic mass is 10.2. The zero-order valence-electron chi connectivity index (χ0n) is 12.5. The summed E-state index contributed by atoms with van der Waals surface area (Å²) in [7, 11) is 2.92. The summed E-state index contributed by atoms with van der Waals surface area (Å²) in [6.07, 6.45) is -3.05. The van der Waals surface area contributed by atoms with Gasteiger partial charge in [0.25, 0.3) is 0 Å². The smallest absolute Gasteiger partial charge is 0.311 e. The van der Waals surface area contributed by atoms with E-state index >= 15 is 0 Å². The quantitative estimate of drug-likeness (QED) is 0.238. The maximum absolute atomic E-state index is 12.9. The van der Waals surface area contributed by atoms with E-state index in [1.807, 2.05) is 0 Å². The van der Waals surface area contributed by atoms with Gasteiger partial charge in [0, 0.05) is 14.2 Å². The average Bonchev–Trinajstić information content (AvgIpc) is 2.46. The first kappa shape index (κ1) is 19.8. The standard InChI is InChI=1S/C13H22F2O6/c1-4-10(21-11(16)5-6-17-2)12(13(14)15)20-9-19-8-7-18-3/h10H,4-9H2,1-3H3. The molecule has 1 atom stereocenters. The van der Waals surface area contributed by atoms with Gasteiger partial charge in [0.05, 0.1) is 26.2 Å². The molecule has 124 valence electrons. The molecular weight excluding hydrogens is 290 g/mol. The summed E-state index contributed by atoms with van der Waals surface area (Å²) in [5, 5.41) is 0. The zero-order chi connectivity index (χ0) is 16.1. The summed E-state index contributed by atoms with van der Waals surface area (Å²) in [6, 6.07) is 0. The molecule has 0 rings (SSSR count). The van der Waals surface area contributed by atoms with E-state index in [1.54, 1.807) is 6.92 Å². The highest BCUT2D eigenvalue weighted by Crippen LogP contribution is 2.19. The van der Waals surface area contributed by atoms with Crippen molar-refractivity contribution in [1.29, 1.82) is 0 Å². The van der Waals surface area contributed by atoms with Crippen molar-refractivity contribution in [1.82, 2.24) is 0 Å². The van der Waals surface area contributed by atoms with E-state index in [0.717, 1.165) is 0 Å². The van der Waals surface area contributed by atoms with Crippen LogP contribution in [0.1, 0.15) is 19.8 Å². The Morgan fingerprint density at radius 2 is 1.76 bits per heavy atom. The predicted molar refractivity (Wildman–Crippen MR) is 69.7 cm³/mol. The molecular formula is C13H22F2O6. The van der Waals surface area contributed by atoms with E-state index < -0.39 is 23.9 Å². The summed E-state index contributed by atoms with van der Waals surface area (Å²) >= 11 is 0. The minimum Gasteiger partial charge on any atom is -0.462 e. The molecule has 0 N–H and O–H groups in total. The van der Waals surface area contributed by atoms with Crippen molar-refractivity contribution in [3.63, 3.8) is 0 Å². The highest BCUT2D eigenvalue weighted by Gasteiger charge is 2.24. The lowest BCUT2D eigenvalue weighted by molar-refractivity contribution is -0.152. The van der Waals surface area contributed by atoms with Gasteiger partial charge >= 0.3 is 12.0 Å². The molecule has 0 amide bonds. The van der Waals surface area contributed by atoms with Gasteiger partial charge in [0.2, 0.25) is 5.76 Å². The van der Waals surface area contributed by atoms with Crippen molar-refractivity contribution in [3.8, 4) is 0 Å². The van der Waals surface area contributed by atoms with Crippen LogP contribution in [-0.4, -0.2) is 52.9 Å². The minimum atomic E-state index is -2.04. The second-order valence-electron chi connectivity index (χ2n) is 3.92. The number of esters is 1. The van der Waals surface area contributed by atoms with Crippen LogP contribution < -0.4 is 0 Å². The molecule has 8 heteroatoms. The molecule has 1 unspecified atom stereocenters. The van der Waals surface area contributed by atoms with Crippen molar-refractivity contribution in [2.24, 2.45) is 0 Å². The average molecular weight is 312 g/mol. The molecule has 0 radical (unpaired) electrons. The molecule has 21 heavy (non-hydrogen) atoms. The fraction of sp³-hybridized carbons (Fsp3) is 0.769. The van der Waals surface area contributed by atoms with E-state index in [9.17, 15) is 13.6 Å². The normalized spacial score (nSPS) is 11.9. The van der Waals surface area contributed by atoms with E-state index in [-0.39, 0.29) is 32.8 Å². The van der Waals surface area contributed by atoms with Crippen LogP contribution in [-0.2, 0) is 28.5 Å². The third-order valence-corrected chi connectivity index (χ3v) is 2.36. The van der Waals surface area contributed by atoms with Crippen LogP contribution >= 0.6 is 0 Å². The van der Waals surface area contributed by atoms with Crippen LogP contribution in [0.5, 0.6) is 0 Å². The highest BCUT2D eigenvalue weighted by molar-refractivity contribution is 5.69. The second-order valence-corrected chi connectivity index (χ2v) is 3.92. The van der Waals surface area contributed by atoms with Gasteiger partial charge in [-0.15, -0.1) is 0 Å². The number of carbonyl (C=O) groups excluding carboxylic acids is 1. The van der Waals surface area contributed by atoms with Crippen molar-refractivity contribution >= 4 is 5.97 Å². The molecule has 0 aliphatic carbocycles. The van der Waals surface area contributed by atoms with E-state index in [4.69, 9.17) is 23.7 Å². The second kappa shape index (κ2) is 12.5. The first-order valence-corrected chi connectivity index (χ1v) is 6.49. The van der Waals surface area contributed by atoms with Gasteiger partial charge in [-0.3, -0.25) is 4.79 Å². The van der Waals surface area contributed by atoms with Gasteiger partial charge in [0.15, 0.2) is 12.9 Å². The molecule has 0 saturated heterocycles. The maximum atomic E-state index is 12.9. The van der Waals surface area contributed by atoms with Crippen LogP contribution in [0.2, 0.25) is 0 Å². The molecule has 0 aliphatic heterocycles. The third-order valence-electron chi connectivity index (χ3n) is 2.36. The number of rotatable bonds is 12. The van der Waals surface area contributed by atoms with Crippen molar-refractivity contribution in [2.45, 2.75) is 25.9 Å². The molecule has 0 aliphatic rings. The lowest BCUT2D eigenvalue weighted by Gasteiger charge is -2.19. The summed E-state index contributed by atoms with van der Waals surface area (Å²) in [6.45, 7) is 1.92. The highest BCUT2D eigenvalue weighted by atomic mass is 19.3. The van der Waals surface area contributed by atoms with Gasteiger partial charge in [-0.25, -0.2) is 0 Å². The first-order valence-electron chi connectivity index (χ1n) is 6.49. The van der Waals surface area contributed by atoms with Crippen molar-refractivity contribution in [3.05, 3.63) is 11.8 Å². The molecule has 0 saturated carbocycles. The third kappa shape index (κ3) is 9.33. The van der Waals surface area contributed by atoms with Crippen LogP contribution in [0.25, 0.3) is 0 Å². The van der Waals surface area contributed by atoms with Gasteiger partial charge in [-0.1, -0.05) is 6.92 Å². The van der Waals surface area contributed by atoms with Crippen molar-refractivity contribution in [2.75, 3.05) is 40.8 Å². The Bertz CT molecular complexity index is 318. The topological polar surface area (TPSA) is 63.2 Å².